The third-order valence-corrected chi connectivity index (χ3v) is 5.36. The highest BCUT2D eigenvalue weighted by Gasteiger charge is 2.28. The highest BCUT2D eigenvalue weighted by Crippen LogP contribution is 2.19. The minimum Gasteiger partial charge on any atom is -0.343 e. The Balaban J connectivity index is 2.16. The number of amides is 2. The molecule has 7 nitrogen and oxygen atoms in total. The Hall–Kier alpha value is -2.92. The normalized spacial score (nSPS) is 11.9. The summed E-state index contributed by atoms with van der Waals surface area (Å²) >= 11 is 0. The number of carbonyl (C=O) groups is 2. The summed E-state index contributed by atoms with van der Waals surface area (Å²) in [6.45, 7) is 1.83. The van der Waals surface area contributed by atoms with E-state index in [9.17, 15) is 31.2 Å². The van der Waals surface area contributed by atoms with E-state index in [-0.39, 0.29) is 27.8 Å². The maximum Gasteiger partial charge on any atom is 0.405 e. The zero-order valence-electron chi connectivity index (χ0n) is 16.1. The first-order valence-electron chi connectivity index (χ1n) is 8.77. The van der Waals surface area contributed by atoms with E-state index >= 15 is 0 Å². The Kier molecular flexibility index (Phi) is 7.21. The van der Waals surface area contributed by atoms with Gasteiger partial charge in [0.25, 0.3) is 11.8 Å². The number of hydrogen-bond acceptors (Lipinski definition) is 4. The third kappa shape index (κ3) is 6.56. The predicted octanol–water partition coefficient (Wildman–Crippen LogP) is 2.92. The van der Waals surface area contributed by atoms with Crippen LogP contribution in [0.1, 0.15) is 34.6 Å². The van der Waals surface area contributed by atoms with Crippen LogP contribution < -0.4 is 15.4 Å². The summed E-state index contributed by atoms with van der Waals surface area (Å²) < 4.78 is 63.6. The molecule has 0 saturated carbocycles. The van der Waals surface area contributed by atoms with Gasteiger partial charge in [-0.1, -0.05) is 12.1 Å². The second-order valence-corrected chi connectivity index (χ2v) is 8.31. The van der Waals surface area contributed by atoms with Gasteiger partial charge >= 0.3 is 6.18 Å². The molecular weight excluding hydrogens is 423 g/mol. The van der Waals surface area contributed by atoms with E-state index in [0.29, 0.717) is 0 Å². The van der Waals surface area contributed by atoms with Gasteiger partial charge in [0.2, 0.25) is 10.0 Å². The lowest BCUT2D eigenvalue weighted by molar-refractivity contribution is -0.123. The van der Waals surface area contributed by atoms with Crippen LogP contribution in [0.25, 0.3) is 0 Å². The van der Waals surface area contributed by atoms with E-state index in [1.807, 2.05) is 0 Å². The summed E-state index contributed by atoms with van der Waals surface area (Å²) in [5.74, 6) is -1.66. The quantitative estimate of drug-likeness (QED) is 0.612. The summed E-state index contributed by atoms with van der Waals surface area (Å²) in [6, 6.07) is 10.4. The molecule has 0 aliphatic rings. The summed E-state index contributed by atoms with van der Waals surface area (Å²) in [6.07, 6.45) is -4.57. The smallest absolute Gasteiger partial charge is 0.343 e. The lowest BCUT2D eigenvalue weighted by atomic mass is 10.1. The monoisotopic (exact) mass is 443 g/mol. The standard InChI is InChI=1S/C19H20F3N3O4S/c1-12(2)25-30(28,29)14-9-7-13(8-10-14)17(26)24-16-6-4-3-5-15(16)18(27)23-11-19(20,21)22/h3-10,12,25H,11H2,1-2H3,(H,23,27)(H,24,26). The molecule has 2 aromatic carbocycles. The van der Waals surface area contributed by atoms with E-state index in [1.165, 1.54) is 48.5 Å². The predicted molar refractivity (Wildman–Crippen MR) is 105 cm³/mol. The Morgan fingerprint density at radius 1 is 0.967 bits per heavy atom. The van der Waals surface area contributed by atoms with Gasteiger partial charge in [-0.15, -0.1) is 0 Å². The highest BCUT2D eigenvalue weighted by molar-refractivity contribution is 7.89. The molecule has 0 atom stereocenters. The van der Waals surface area contributed by atoms with Crippen LogP contribution in [0.15, 0.2) is 53.4 Å². The van der Waals surface area contributed by atoms with Gasteiger partial charge in [0, 0.05) is 11.6 Å². The maximum absolute atomic E-state index is 12.5. The third-order valence-electron chi connectivity index (χ3n) is 3.69. The van der Waals surface area contributed by atoms with E-state index < -0.39 is 34.6 Å². The number of rotatable bonds is 7. The number of para-hydroxylation sites is 1. The Labute approximate surface area is 171 Å². The van der Waals surface area contributed by atoms with Crippen LogP contribution in [0.2, 0.25) is 0 Å². The van der Waals surface area contributed by atoms with Crippen molar-refractivity contribution in [2.75, 3.05) is 11.9 Å². The van der Waals surface area contributed by atoms with E-state index in [1.54, 1.807) is 19.2 Å². The molecule has 30 heavy (non-hydrogen) atoms. The van der Waals surface area contributed by atoms with Gasteiger partial charge in [-0.3, -0.25) is 9.59 Å². The Morgan fingerprint density at radius 3 is 2.13 bits per heavy atom. The fourth-order valence-electron chi connectivity index (χ4n) is 2.42. The molecule has 11 heteroatoms. The molecule has 0 fully saturated rings. The molecule has 0 unspecified atom stereocenters. The minimum absolute atomic E-state index is 0.0142. The molecule has 2 amide bonds. The zero-order valence-corrected chi connectivity index (χ0v) is 16.9. The number of anilines is 1. The number of nitrogens with one attached hydrogen (secondary N) is 3. The average Bonchev–Trinajstić information content (AvgIpc) is 2.65. The van der Waals surface area contributed by atoms with Crippen LogP contribution in [0.3, 0.4) is 0 Å². The van der Waals surface area contributed by atoms with Crippen molar-refractivity contribution in [1.82, 2.24) is 10.0 Å². The molecule has 2 aromatic rings. The van der Waals surface area contributed by atoms with Crippen LogP contribution in [0, 0.1) is 0 Å². The Morgan fingerprint density at radius 2 is 1.57 bits per heavy atom. The van der Waals surface area contributed by atoms with Crippen molar-refractivity contribution in [3.63, 3.8) is 0 Å². The Bertz CT molecular complexity index is 1020. The van der Waals surface area contributed by atoms with Gasteiger partial charge < -0.3 is 10.6 Å². The maximum atomic E-state index is 12.5. The van der Waals surface area contributed by atoms with Crippen LogP contribution in [0.5, 0.6) is 0 Å². The van der Waals surface area contributed by atoms with Gasteiger partial charge in [-0.2, -0.15) is 13.2 Å². The van der Waals surface area contributed by atoms with Crippen molar-refractivity contribution < 1.29 is 31.2 Å². The van der Waals surface area contributed by atoms with Crippen molar-refractivity contribution in [1.29, 1.82) is 0 Å². The summed E-state index contributed by atoms with van der Waals surface area (Å²) in [7, 11) is -3.72. The molecule has 2 rings (SSSR count). The second-order valence-electron chi connectivity index (χ2n) is 6.60. The SMILES string of the molecule is CC(C)NS(=O)(=O)c1ccc(C(=O)Nc2ccccc2C(=O)NCC(F)(F)F)cc1. The molecular formula is C19H20F3N3O4S. The van der Waals surface area contributed by atoms with E-state index in [0.717, 1.165) is 0 Å². The summed E-state index contributed by atoms with van der Waals surface area (Å²) in [4.78, 5) is 24.5. The summed E-state index contributed by atoms with van der Waals surface area (Å²) in [5.41, 5.74) is -0.0280. The minimum atomic E-state index is -4.57. The second kappa shape index (κ2) is 9.26. The topological polar surface area (TPSA) is 104 Å². The van der Waals surface area contributed by atoms with Crippen LogP contribution in [0.4, 0.5) is 18.9 Å². The molecule has 0 heterocycles. The van der Waals surface area contributed by atoms with Crippen molar-refractivity contribution in [2.45, 2.75) is 31.0 Å². The number of benzene rings is 2. The van der Waals surface area contributed by atoms with E-state index in [4.69, 9.17) is 0 Å². The van der Waals surface area contributed by atoms with Gasteiger partial charge in [0.05, 0.1) is 16.1 Å². The first-order valence-corrected chi connectivity index (χ1v) is 10.2. The number of carbonyl (C=O) groups excluding carboxylic acids is 2. The molecule has 3 N–H and O–H groups in total. The molecule has 0 spiro atoms. The number of hydrogen-bond donors (Lipinski definition) is 3. The van der Waals surface area contributed by atoms with E-state index in [2.05, 4.69) is 10.0 Å². The van der Waals surface area contributed by atoms with Crippen LogP contribution >= 0.6 is 0 Å². The highest BCUT2D eigenvalue weighted by atomic mass is 32.2. The van der Waals surface area contributed by atoms with Crippen molar-refractivity contribution in [3.8, 4) is 0 Å². The number of halogens is 3. The number of sulfonamides is 1. The summed E-state index contributed by atoms with van der Waals surface area (Å²) in [5, 5.41) is 4.19. The van der Waals surface area contributed by atoms with Crippen molar-refractivity contribution >= 4 is 27.5 Å². The first kappa shape index (κ1) is 23.4. The van der Waals surface area contributed by atoms with Gasteiger partial charge in [0.1, 0.15) is 6.54 Å². The van der Waals surface area contributed by atoms with Crippen molar-refractivity contribution in [2.24, 2.45) is 0 Å². The zero-order chi connectivity index (χ0) is 22.5. The number of alkyl halides is 3. The lowest BCUT2D eigenvalue weighted by Crippen LogP contribution is -2.34. The molecule has 0 bridgehead atoms. The molecule has 0 aromatic heterocycles. The first-order chi connectivity index (χ1) is 13.9. The lowest BCUT2D eigenvalue weighted by Gasteiger charge is -2.13. The van der Waals surface area contributed by atoms with Crippen LogP contribution in [-0.2, 0) is 10.0 Å². The van der Waals surface area contributed by atoms with Gasteiger partial charge in [0.15, 0.2) is 0 Å². The molecule has 0 aliphatic carbocycles. The fourth-order valence-corrected chi connectivity index (χ4v) is 3.68. The van der Waals surface area contributed by atoms with Crippen molar-refractivity contribution in [3.05, 3.63) is 59.7 Å². The van der Waals surface area contributed by atoms with Gasteiger partial charge in [-0.05, 0) is 50.2 Å². The molecule has 0 radical (unpaired) electrons. The molecule has 0 saturated heterocycles. The largest absolute Gasteiger partial charge is 0.405 e. The van der Waals surface area contributed by atoms with Gasteiger partial charge in [-0.25, -0.2) is 13.1 Å². The molecule has 0 aliphatic heterocycles. The fraction of sp³-hybridized carbons (Fsp3) is 0.263. The van der Waals surface area contributed by atoms with Crippen LogP contribution in [-0.4, -0.2) is 39.0 Å². The molecule has 162 valence electrons. The average molecular weight is 443 g/mol.